The summed E-state index contributed by atoms with van der Waals surface area (Å²) in [4.78, 5) is 18.2. The summed E-state index contributed by atoms with van der Waals surface area (Å²) < 4.78 is 0. The van der Waals surface area contributed by atoms with Crippen LogP contribution in [0.5, 0.6) is 0 Å². The lowest BCUT2D eigenvalue weighted by molar-refractivity contribution is -0.128. The molecule has 0 saturated carbocycles. The summed E-state index contributed by atoms with van der Waals surface area (Å²) in [5.74, 6) is 0.786. The van der Waals surface area contributed by atoms with Crippen molar-refractivity contribution in [1.29, 1.82) is 0 Å². The first kappa shape index (κ1) is 21.7. The number of guanidine groups is 1. The van der Waals surface area contributed by atoms with Crippen molar-refractivity contribution < 1.29 is 4.79 Å². The molecule has 6 heteroatoms. The van der Waals surface area contributed by atoms with Gasteiger partial charge in [-0.15, -0.1) is 24.0 Å². The van der Waals surface area contributed by atoms with Gasteiger partial charge >= 0.3 is 0 Å². The summed E-state index contributed by atoms with van der Waals surface area (Å²) in [6, 6.07) is 8.45. The van der Waals surface area contributed by atoms with Gasteiger partial charge in [0.2, 0.25) is 5.91 Å². The zero-order chi connectivity index (χ0) is 16.8. The first-order chi connectivity index (χ1) is 10.3. The minimum absolute atomic E-state index is 0. The Balaban J connectivity index is 0.00000484. The largest absolute Gasteiger partial charge is 0.359 e. The zero-order valence-electron chi connectivity index (χ0n) is 14.9. The van der Waals surface area contributed by atoms with E-state index in [-0.39, 0.29) is 29.9 Å². The average Bonchev–Trinajstić information content (AvgIpc) is 2.49. The second-order valence-corrected chi connectivity index (χ2v) is 6.21. The van der Waals surface area contributed by atoms with E-state index in [9.17, 15) is 4.79 Å². The first-order valence-electron chi connectivity index (χ1n) is 7.49. The van der Waals surface area contributed by atoms with E-state index in [1.165, 1.54) is 11.1 Å². The molecule has 0 heterocycles. The van der Waals surface area contributed by atoms with Crippen LogP contribution >= 0.6 is 24.0 Å². The Labute approximate surface area is 157 Å². The van der Waals surface area contributed by atoms with Crippen molar-refractivity contribution in [2.24, 2.45) is 10.4 Å². The van der Waals surface area contributed by atoms with Crippen molar-refractivity contribution in [1.82, 2.24) is 15.5 Å². The third-order valence-corrected chi connectivity index (χ3v) is 3.64. The van der Waals surface area contributed by atoms with E-state index >= 15 is 0 Å². The Morgan fingerprint density at radius 3 is 2.30 bits per heavy atom. The fourth-order valence-electron chi connectivity index (χ4n) is 2.15. The summed E-state index contributed by atoms with van der Waals surface area (Å²) in [7, 11) is 5.39. The molecule has 5 nitrogen and oxygen atoms in total. The molecule has 0 bridgehead atoms. The molecule has 23 heavy (non-hydrogen) atoms. The van der Waals surface area contributed by atoms with Crippen molar-refractivity contribution >= 4 is 35.8 Å². The molecule has 0 aliphatic rings. The molecular formula is C17H29IN4O. The van der Waals surface area contributed by atoms with Gasteiger partial charge in [0.15, 0.2) is 5.96 Å². The van der Waals surface area contributed by atoms with Gasteiger partial charge in [-0.05, 0) is 26.3 Å². The van der Waals surface area contributed by atoms with Crippen LogP contribution in [0.4, 0.5) is 0 Å². The van der Waals surface area contributed by atoms with Crippen LogP contribution in [0.15, 0.2) is 29.3 Å². The number of hydrogen-bond acceptors (Lipinski definition) is 2. The van der Waals surface area contributed by atoms with Crippen LogP contribution in [-0.4, -0.2) is 44.5 Å². The number of aryl methyl sites for hydroxylation is 1. The van der Waals surface area contributed by atoms with Crippen molar-refractivity contribution in [2.45, 2.75) is 27.3 Å². The van der Waals surface area contributed by atoms with E-state index in [1.807, 2.05) is 25.8 Å². The summed E-state index contributed by atoms with van der Waals surface area (Å²) in [6.45, 7) is 7.19. The van der Waals surface area contributed by atoms with Crippen molar-refractivity contribution in [3.63, 3.8) is 0 Å². The van der Waals surface area contributed by atoms with Gasteiger partial charge in [0.1, 0.15) is 0 Å². The lowest BCUT2D eigenvalue weighted by Gasteiger charge is -2.27. The van der Waals surface area contributed by atoms with E-state index in [4.69, 9.17) is 0 Å². The van der Waals surface area contributed by atoms with Gasteiger partial charge in [-0.3, -0.25) is 9.79 Å². The maximum absolute atomic E-state index is 11.8. The number of aliphatic imine (C=N–C) groups is 1. The van der Waals surface area contributed by atoms with Gasteiger partial charge in [-0.1, -0.05) is 29.8 Å². The molecule has 0 saturated heterocycles. The molecule has 1 amide bonds. The highest BCUT2D eigenvalue weighted by Crippen LogP contribution is 2.13. The van der Waals surface area contributed by atoms with Crippen molar-refractivity contribution in [3.8, 4) is 0 Å². The predicted octanol–water partition coefficient (Wildman–Crippen LogP) is 2.39. The minimum atomic E-state index is -0.491. The summed E-state index contributed by atoms with van der Waals surface area (Å²) in [5, 5.41) is 5.96. The maximum Gasteiger partial charge on any atom is 0.227 e. The van der Waals surface area contributed by atoms with E-state index < -0.39 is 5.41 Å². The number of amides is 1. The highest BCUT2D eigenvalue weighted by molar-refractivity contribution is 14.0. The number of hydrogen-bond donors (Lipinski definition) is 2. The fraction of sp³-hybridized carbons (Fsp3) is 0.529. The van der Waals surface area contributed by atoms with Gasteiger partial charge < -0.3 is 15.5 Å². The SMILES string of the molecule is CN=C(NCC(C)(C)C(=O)NC)N(C)Cc1ccc(C)cc1.I. The topological polar surface area (TPSA) is 56.7 Å². The molecule has 1 aromatic carbocycles. The molecule has 0 atom stereocenters. The third kappa shape index (κ3) is 6.76. The van der Waals surface area contributed by atoms with Crippen LogP contribution in [0.1, 0.15) is 25.0 Å². The molecule has 1 aromatic rings. The number of halogens is 1. The lowest BCUT2D eigenvalue weighted by Crippen LogP contribution is -2.47. The molecular weight excluding hydrogens is 403 g/mol. The van der Waals surface area contributed by atoms with Crippen LogP contribution < -0.4 is 10.6 Å². The summed E-state index contributed by atoms with van der Waals surface area (Å²) in [5.41, 5.74) is 1.98. The zero-order valence-corrected chi connectivity index (χ0v) is 17.3. The number of carbonyl (C=O) groups excluding carboxylic acids is 1. The molecule has 0 unspecified atom stereocenters. The maximum atomic E-state index is 11.8. The smallest absolute Gasteiger partial charge is 0.227 e. The Morgan fingerprint density at radius 1 is 1.26 bits per heavy atom. The Morgan fingerprint density at radius 2 is 1.83 bits per heavy atom. The van der Waals surface area contributed by atoms with E-state index in [0.717, 1.165) is 12.5 Å². The predicted molar refractivity (Wildman–Crippen MR) is 107 cm³/mol. The van der Waals surface area contributed by atoms with Crippen molar-refractivity contribution in [2.75, 3.05) is 27.7 Å². The Hall–Kier alpha value is -1.31. The highest BCUT2D eigenvalue weighted by Gasteiger charge is 2.27. The van der Waals surface area contributed by atoms with Gasteiger partial charge in [-0.25, -0.2) is 0 Å². The van der Waals surface area contributed by atoms with Crippen LogP contribution in [0, 0.1) is 12.3 Å². The van der Waals surface area contributed by atoms with Gasteiger partial charge in [0.05, 0.1) is 5.41 Å². The number of nitrogens with one attached hydrogen (secondary N) is 2. The highest BCUT2D eigenvalue weighted by atomic mass is 127. The molecule has 0 fully saturated rings. The molecule has 2 N–H and O–H groups in total. The summed E-state index contributed by atoms with van der Waals surface area (Å²) in [6.07, 6.45) is 0. The molecule has 0 aliphatic carbocycles. The third-order valence-electron chi connectivity index (χ3n) is 3.64. The monoisotopic (exact) mass is 432 g/mol. The minimum Gasteiger partial charge on any atom is -0.359 e. The van der Waals surface area contributed by atoms with Crippen LogP contribution in [0.3, 0.4) is 0 Å². The number of nitrogens with zero attached hydrogens (tertiary/aromatic N) is 2. The fourth-order valence-corrected chi connectivity index (χ4v) is 2.15. The van der Waals surface area contributed by atoms with Gasteiger partial charge in [0, 0.05) is 34.2 Å². The second-order valence-electron chi connectivity index (χ2n) is 6.21. The van der Waals surface area contributed by atoms with Gasteiger partial charge in [-0.2, -0.15) is 0 Å². The molecule has 1 rings (SSSR count). The van der Waals surface area contributed by atoms with Crippen molar-refractivity contribution in [3.05, 3.63) is 35.4 Å². The molecule has 0 aromatic heterocycles. The van der Waals surface area contributed by atoms with Gasteiger partial charge in [0.25, 0.3) is 0 Å². The molecule has 0 aliphatic heterocycles. The van der Waals surface area contributed by atoms with E-state index in [1.54, 1.807) is 14.1 Å². The van der Waals surface area contributed by atoms with Crippen LogP contribution in [0.2, 0.25) is 0 Å². The standard InChI is InChI=1S/C17H28N4O.HI/c1-13-7-9-14(10-8-13)11-21(6)16(19-5)20-12-17(2,3)15(22)18-4;/h7-10H,11-12H2,1-6H3,(H,18,22)(H,19,20);1H. The lowest BCUT2D eigenvalue weighted by atomic mass is 9.92. The normalized spacial score (nSPS) is 11.5. The average molecular weight is 432 g/mol. The first-order valence-corrected chi connectivity index (χ1v) is 7.49. The number of carbonyl (C=O) groups is 1. The van der Waals surface area contributed by atoms with E-state index in [2.05, 4.69) is 46.8 Å². The molecule has 0 radical (unpaired) electrons. The second kappa shape index (κ2) is 9.75. The van der Waals surface area contributed by atoms with Crippen LogP contribution in [-0.2, 0) is 11.3 Å². The number of benzene rings is 1. The van der Waals surface area contributed by atoms with E-state index in [0.29, 0.717) is 6.54 Å². The molecule has 0 spiro atoms. The molecule has 130 valence electrons. The summed E-state index contributed by atoms with van der Waals surface area (Å²) >= 11 is 0. The number of rotatable bonds is 5. The quantitative estimate of drug-likeness (QED) is 0.427. The Kier molecular flexibility index (Phi) is 9.19. The Bertz CT molecular complexity index is 526. The van der Waals surface area contributed by atoms with Crippen LogP contribution in [0.25, 0.3) is 0 Å².